The number of rotatable bonds is 8. The van der Waals surface area contributed by atoms with Crippen LogP contribution < -0.4 is 0 Å². The Kier molecular flexibility index (Phi) is 8.56. The van der Waals surface area contributed by atoms with Gasteiger partial charge in [-0.25, -0.2) is 4.79 Å². The molecule has 0 aromatic carbocycles. The van der Waals surface area contributed by atoms with Gasteiger partial charge in [0.05, 0.1) is 5.92 Å². The molecule has 0 rings (SSSR count). The quantitative estimate of drug-likeness (QED) is 0.398. The van der Waals surface area contributed by atoms with E-state index in [1.165, 1.54) is 11.8 Å². The van der Waals surface area contributed by atoms with E-state index in [1.54, 1.807) is 6.92 Å². The third-order valence-electron chi connectivity index (χ3n) is 1.83. The first-order valence-electron chi connectivity index (χ1n) is 5.14. The Morgan fingerprint density at radius 2 is 2.12 bits per heavy atom. The summed E-state index contributed by atoms with van der Waals surface area (Å²) < 4.78 is 4.90. The van der Waals surface area contributed by atoms with Crippen LogP contribution >= 0.6 is 24.4 Å². The third-order valence-corrected chi connectivity index (χ3v) is 3.61. The molecule has 0 aliphatic rings. The van der Waals surface area contributed by atoms with Gasteiger partial charge >= 0.3 is 11.9 Å². The van der Waals surface area contributed by atoms with Crippen molar-refractivity contribution in [2.24, 2.45) is 5.92 Å². The van der Waals surface area contributed by atoms with Crippen molar-refractivity contribution in [2.45, 2.75) is 26.4 Å². The molecule has 0 bridgehead atoms. The number of esters is 1. The maximum Gasteiger partial charge on any atom is 0.345 e. The number of carboxylic acids is 1. The second-order valence-corrected chi connectivity index (χ2v) is 4.94. The Balaban J connectivity index is 4.12. The molecule has 0 radical (unpaired) electrons. The molecule has 0 aliphatic heterocycles. The fourth-order valence-corrected chi connectivity index (χ4v) is 1.85. The van der Waals surface area contributed by atoms with Gasteiger partial charge in [-0.15, -0.1) is 0 Å². The summed E-state index contributed by atoms with van der Waals surface area (Å²) in [5, 5.41) is 8.87. The minimum atomic E-state index is -1.09. The predicted octanol–water partition coefficient (Wildman–Crippen LogP) is 1.69. The molecule has 1 N–H and O–H groups in total. The third kappa shape index (κ3) is 6.27. The highest BCUT2D eigenvalue weighted by molar-refractivity contribution is 7.99. The van der Waals surface area contributed by atoms with Gasteiger partial charge in [-0.3, -0.25) is 4.79 Å². The second-order valence-electron chi connectivity index (χ2n) is 3.42. The van der Waals surface area contributed by atoms with E-state index in [9.17, 15) is 9.59 Å². The van der Waals surface area contributed by atoms with Crippen LogP contribution in [0.1, 0.15) is 20.3 Å². The molecule has 6 heteroatoms. The molecule has 16 heavy (non-hydrogen) atoms. The lowest BCUT2D eigenvalue weighted by Crippen LogP contribution is -2.32. The SMILES string of the molecule is CCCSCC(OC(=O)[C@@H](C)CS)C(=O)O. The summed E-state index contributed by atoms with van der Waals surface area (Å²) in [5.41, 5.74) is 0. The summed E-state index contributed by atoms with van der Waals surface area (Å²) in [7, 11) is 0. The Bertz CT molecular complexity index is 233. The number of hydrogen-bond acceptors (Lipinski definition) is 5. The van der Waals surface area contributed by atoms with Crippen molar-refractivity contribution in [3.63, 3.8) is 0 Å². The van der Waals surface area contributed by atoms with Crippen LogP contribution in [0.2, 0.25) is 0 Å². The maximum absolute atomic E-state index is 11.4. The fraction of sp³-hybridized carbons (Fsp3) is 0.800. The van der Waals surface area contributed by atoms with Gasteiger partial charge in [0.1, 0.15) is 0 Å². The molecule has 0 saturated carbocycles. The van der Waals surface area contributed by atoms with Crippen LogP contribution in [-0.4, -0.2) is 40.4 Å². The van der Waals surface area contributed by atoms with E-state index in [-0.39, 0.29) is 5.92 Å². The first-order valence-corrected chi connectivity index (χ1v) is 6.93. The smallest absolute Gasteiger partial charge is 0.345 e. The Labute approximate surface area is 106 Å². The van der Waals surface area contributed by atoms with E-state index in [1.807, 2.05) is 6.92 Å². The number of carboxylic acid groups (broad SMARTS) is 1. The molecule has 4 nitrogen and oxygen atoms in total. The monoisotopic (exact) mass is 266 g/mol. The lowest BCUT2D eigenvalue weighted by atomic mass is 10.2. The second kappa shape index (κ2) is 8.75. The van der Waals surface area contributed by atoms with E-state index in [0.717, 1.165) is 12.2 Å². The Morgan fingerprint density at radius 1 is 1.50 bits per heavy atom. The van der Waals surface area contributed by atoms with Crippen LogP contribution in [0, 0.1) is 5.92 Å². The highest BCUT2D eigenvalue weighted by atomic mass is 32.2. The average molecular weight is 266 g/mol. The van der Waals surface area contributed by atoms with E-state index in [4.69, 9.17) is 9.84 Å². The number of aliphatic carboxylic acids is 1. The van der Waals surface area contributed by atoms with Gasteiger partial charge < -0.3 is 9.84 Å². The molecule has 0 spiro atoms. The molecule has 0 heterocycles. The van der Waals surface area contributed by atoms with Gasteiger partial charge in [0.25, 0.3) is 0 Å². The van der Waals surface area contributed by atoms with Crippen molar-refractivity contribution in [1.82, 2.24) is 0 Å². The summed E-state index contributed by atoms with van der Waals surface area (Å²) in [5.74, 6) is -0.450. The summed E-state index contributed by atoms with van der Waals surface area (Å²) in [6.07, 6.45) is -0.0794. The van der Waals surface area contributed by atoms with Crippen LogP contribution in [-0.2, 0) is 14.3 Å². The minimum Gasteiger partial charge on any atom is -0.478 e. The molecule has 94 valence electrons. The van der Waals surface area contributed by atoms with Crippen LogP contribution in [0.5, 0.6) is 0 Å². The number of carbonyl (C=O) groups is 2. The van der Waals surface area contributed by atoms with Gasteiger partial charge in [0.2, 0.25) is 6.10 Å². The van der Waals surface area contributed by atoms with Crippen molar-refractivity contribution in [3.05, 3.63) is 0 Å². The van der Waals surface area contributed by atoms with Crippen LogP contribution in [0.4, 0.5) is 0 Å². The summed E-state index contributed by atoms with van der Waals surface area (Å²) in [6, 6.07) is 0. The van der Waals surface area contributed by atoms with Crippen molar-refractivity contribution in [2.75, 3.05) is 17.3 Å². The average Bonchev–Trinajstić information content (AvgIpc) is 2.26. The highest BCUT2D eigenvalue weighted by Gasteiger charge is 2.24. The summed E-state index contributed by atoms with van der Waals surface area (Å²) in [6.45, 7) is 3.67. The van der Waals surface area contributed by atoms with Crippen molar-refractivity contribution in [1.29, 1.82) is 0 Å². The van der Waals surface area contributed by atoms with Gasteiger partial charge in [0.15, 0.2) is 0 Å². The zero-order valence-electron chi connectivity index (χ0n) is 9.51. The highest BCUT2D eigenvalue weighted by Crippen LogP contribution is 2.10. The van der Waals surface area contributed by atoms with Gasteiger partial charge in [-0.1, -0.05) is 13.8 Å². The molecule has 0 fully saturated rings. The fourth-order valence-electron chi connectivity index (χ4n) is 0.821. The number of carbonyl (C=O) groups excluding carboxylic acids is 1. The van der Waals surface area contributed by atoms with E-state index >= 15 is 0 Å². The molecule has 0 amide bonds. The predicted molar refractivity (Wildman–Crippen MR) is 68.1 cm³/mol. The number of hydrogen-bond donors (Lipinski definition) is 2. The summed E-state index contributed by atoms with van der Waals surface area (Å²) >= 11 is 5.44. The number of thioether (sulfide) groups is 1. The first kappa shape index (κ1) is 15.6. The molecule has 0 aliphatic carbocycles. The topological polar surface area (TPSA) is 63.6 Å². The lowest BCUT2D eigenvalue weighted by molar-refractivity contribution is -0.164. The minimum absolute atomic E-state index is 0.300. The van der Waals surface area contributed by atoms with Crippen LogP contribution in [0.15, 0.2) is 0 Å². The van der Waals surface area contributed by atoms with Crippen molar-refractivity contribution < 1.29 is 19.4 Å². The lowest BCUT2D eigenvalue weighted by Gasteiger charge is -2.15. The molecular weight excluding hydrogens is 248 g/mol. The normalized spacial score (nSPS) is 14.2. The van der Waals surface area contributed by atoms with E-state index < -0.39 is 18.0 Å². The molecular formula is C10H18O4S2. The molecule has 2 atom stereocenters. The van der Waals surface area contributed by atoms with Crippen molar-refractivity contribution >= 4 is 36.3 Å². The molecule has 1 unspecified atom stereocenters. The van der Waals surface area contributed by atoms with E-state index in [2.05, 4.69) is 12.6 Å². The maximum atomic E-state index is 11.4. The standard InChI is InChI=1S/C10H18O4S2/c1-3-4-16-6-8(9(11)12)14-10(13)7(2)5-15/h7-8,15H,3-6H2,1-2H3,(H,11,12)/t7-,8?/m0/s1. The van der Waals surface area contributed by atoms with E-state index in [0.29, 0.717) is 11.5 Å². The van der Waals surface area contributed by atoms with Gasteiger partial charge in [-0.05, 0) is 12.2 Å². The largest absolute Gasteiger partial charge is 0.478 e. The number of ether oxygens (including phenoxy) is 1. The van der Waals surface area contributed by atoms with Gasteiger partial charge in [0, 0.05) is 11.5 Å². The number of thiol groups is 1. The van der Waals surface area contributed by atoms with Gasteiger partial charge in [-0.2, -0.15) is 24.4 Å². The summed E-state index contributed by atoms with van der Waals surface area (Å²) in [4.78, 5) is 22.2. The molecule has 0 saturated heterocycles. The molecule has 0 aromatic heterocycles. The molecule has 0 aromatic rings. The van der Waals surface area contributed by atoms with Crippen LogP contribution in [0.3, 0.4) is 0 Å². The zero-order chi connectivity index (χ0) is 12.6. The first-order chi connectivity index (χ1) is 7.52. The van der Waals surface area contributed by atoms with Crippen molar-refractivity contribution in [3.8, 4) is 0 Å². The Hall–Kier alpha value is -0.360. The zero-order valence-corrected chi connectivity index (χ0v) is 11.2. The Morgan fingerprint density at radius 3 is 2.56 bits per heavy atom. The van der Waals surface area contributed by atoms with Crippen LogP contribution in [0.25, 0.3) is 0 Å².